The third-order valence-corrected chi connectivity index (χ3v) is 2.08. The summed E-state index contributed by atoms with van der Waals surface area (Å²) in [7, 11) is 0. The van der Waals surface area contributed by atoms with Crippen LogP contribution >= 0.6 is 0 Å². The monoisotopic (exact) mass is 236 g/mol. The lowest BCUT2D eigenvalue weighted by atomic mass is 10.2. The molecule has 0 saturated heterocycles. The second-order valence-corrected chi connectivity index (χ2v) is 3.52. The second kappa shape index (κ2) is 5.74. The quantitative estimate of drug-likeness (QED) is 0.616. The molecule has 0 heterocycles. The summed E-state index contributed by atoms with van der Waals surface area (Å²) in [5.41, 5.74) is 0.0759. The van der Waals surface area contributed by atoms with Crippen molar-refractivity contribution in [2.75, 3.05) is 6.54 Å². The molecule has 0 radical (unpaired) electrons. The molecule has 1 aromatic carbocycles. The Morgan fingerprint density at radius 3 is 2.71 bits per heavy atom. The van der Waals surface area contributed by atoms with Gasteiger partial charge in [0, 0.05) is 30.7 Å². The molecule has 1 aromatic rings. The van der Waals surface area contributed by atoms with Gasteiger partial charge in [-0.05, 0) is 13.0 Å². The zero-order valence-electron chi connectivity index (χ0n) is 9.30. The minimum Gasteiger partial charge on any atom is -0.352 e. The number of benzene rings is 1. The van der Waals surface area contributed by atoms with Crippen LogP contribution in [0.1, 0.15) is 23.7 Å². The molecule has 17 heavy (non-hydrogen) atoms. The predicted molar refractivity (Wildman–Crippen MR) is 60.7 cm³/mol. The van der Waals surface area contributed by atoms with E-state index in [4.69, 9.17) is 0 Å². The van der Waals surface area contributed by atoms with Crippen molar-refractivity contribution in [3.05, 3.63) is 39.9 Å². The number of hydrogen-bond acceptors (Lipinski definition) is 4. The van der Waals surface area contributed by atoms with Crippen molar-refractivity contribution >= 4 is 17.4 Å². The highest BCUT2D eigenvalue weighted by atomic mass is 16.6. The van der Waals surface area contributed by atoms with Crippen molar-refractivity contribution in [1.82, 2.24) is 5.32 Å². The molecule has 1 N–H and O–H groups in total. The first-order valence-corrected chi connectivity index (χ1v) is 5.03. The van der Waals surface area contributed by atoms with Crippen molar-refractivity contribution in [2.45, 2.75) is 13.3 Å². The molecular formula is C11H12N2O4. The van der Waals surface area contributed by atoms with E-state index in [9.17, 15) is 19.7 Å². The molecule has 0 fully saturated rings. The van der Waals surface area contributed by atoms with E-state index >= 15 is 0 Å². The smallest absolute Gasteiger partial charge is 0.270 e. The molecule has 1 rings (SSSR count). The number of nitro groups is 1. The molecule has 0 aliphatic carbocycles. The Balaban J connectivity index is 2.65. The van der Waals surface area contributed by atoms with E-state index in [1.807, 2.05) is 0 Å². The van der Waals surface area contributed by atoms with E-state index in [1.165, 1.54) is 31.2 Å². The van der Waals surface area contributed by atoms with Gasteiger partial charge in [-0.2, -0.15) is 0 Å². The first-order chi connectivity index (χ1) is 8.00. The van der Waals surface area contributed by atoms with Gasteiger partial charge in [0.15, 0.2) is 0 Å². The Kier molecular flexibility index (Phi) is 4.33. The van der Waals surface area contributed by atoms with Gasteiger partial charge >= 0.3 is 0 Å². The molecule has 0 bridgehead atoms. The molecule has 0 unspecified atom stereocenters. The third-order valence-electron chi connectivity index (χ3n) is 2.08. The summed E-state index contributed by atoms with van der Waals surface area (Å²) in [4.78, 5) is 32.2. The summed E-state index contributed by atoms with van der Waals surface area (Å²) >= 11 is 0. The summed E-state index contributed by atoms with van der Waals surface area (Å²) < 4.78 is 0. The predicted octanol–water partition coefficient (Wildman–Crippen LogP) is 1.30. The highest BCUT2D eigenvalue weighted by Crippen LogP contribution is 2.12. The number of nitrogens with one attached hydrogen (secondary N) is 1. The Labute approximate surface area is 97.8 Å². The fraction of sp³-hybridized carbons (Fsp3) is 0.273. The van der Waals surface area contributed by atoms with Gasteiger partial charge in [-0.25, -0.2) is 0 Å². The molecule has 0 saturated carbocycles. The highest BCUT2D eigenvalue weighted by molar-refractivity contribution is 5.95. The number of carbonyl (C=O) groups excluding carboxylic acids is 2. The van der Waals surface area contributed by atoms with E-state index in [-0.39, 0.29) is 30.0 Å². The molecule has 6 heteroatoms. The maximum Gasteiger partial charge on any atom is 0.270 e. The maximum atomic E-state index is 11.6. The molecule has 90 valence electrons. The Morgan fingerprint density at radius 2 is 2.12 bits per heavy atom. The van der Waals surface area contributed by atoms with Gasteiger partial charge in [0.1, 0.15) is 5.78 Å². The van der Waals surface area contributed by atoms with Crippen molar-refractivity contribution in [1.29, 1.82) is 0 Å². The van der Waals surface area contributed by atoms with Gasteiger partial charge in [-0.3, -0.25) is 19.7 Å². The number of Topliss-reactive ketones (excluding diaryl/α,β-unsaturated/α-hetero) is 1. The van der Waals surface area contributed by atoms with Gasteiger partial charge in [0.25, 0.3) is 11.6 Å². The summed E-state index contributed by atoms with van der Waals surface area (Å²) in [6.45, 7) is 1.66. The average molecular weight is 236 g/mol. The normalized spacial score (nSPS) is 9.71. The topological polar surface area (TPSA) is 89.3 Å². The van der Waals surface area contributed by atoms with Crippen LogP contribution in [-0.2, 0) is 4.79 Å². The summed E-state index contributed by atoms with van der Waals surface area (Å²) in [5, 5.41) is 13.0. The zero-order valence-corrected chi connectivity index (χ0v) is 9.30. The summed E-state index contributed by atoms with van der Waals surface area (Å²) in [5.74, 6) is -0.445. The standard InChI is InChI=1S/C11H12N2O4/c1-8(14)5-6-12-11(15)9-3-2-4-10(7-9)13(16)17/h2-4,7H,5-6H2,1H3,(H,12,15). The maximum absolute atomic E-state index is 11.6. The van der Waals surface area contributed by atoms with Crippen LogP contribution in [0.2, 0.25) is 0 Å². The molecule has 0 atom stereocenters. The lowest BCUT2D eigenvalue weighted by molar-refractivity contribution is -0.384. The van der Waals surface area contributed by atoms with E-state index in [0.29, 0.717) is 0 Å². The van der Waals surface area contributed by atoms with Gasteiger partial charge < -0.3 is 5.32 Å². The number of amides is 1. The van der Waals surface area contributed by atoms with E-state index in [0.717, 1.165) is 0 Å². The lowest BCUT2D eigenvalue weighted by Gasteiger charge is -2.03. The second-order valence-electron chi connectivity index (χ2n) is 3.52. The SMILES string of the molecule is CC(=O)CCNC(=O)c1cccc([N+](=O)[O-])c1. The number of ketones is 1. The molecule has 1 amide bonds. The fourth-order valence-electron chi connectivity index (χ4n) is 1.21. The summed E-state index contributed by atoms with van der Waals surface area (Å²) in [6, 6.07) is 5.43. The van der Waals surface area contributed by atoms with Gasteiger partial charge in [0.05, 0.1) is 4.92 Å². The van der Waals surface area contributed by atoms with Crippen LogP contribution < -0.4 is 5.32 Å². The lowest BCUT2D eigenvalue weighted by Crippen LogP contribution is -2.25. The van der Waals surface area contributed by atoms with Crippen LogP contribution in [0.4, 0.5) is 5.69 Å². The van der Waals surface area contributed by atoms with Crippen molar-refractivity contribution in [2.24, 2.45) is 0 Å². The Morgan fingerprint density at radius 1 is 1.41 bits per heavy atom. The van der Waals surface area contributed by atoms with Gasteiger partial charge in [-0.15, -0.1) is 0 Å². The number of nitro benzene ring substituents is 1. The molecule has 0 aliphatic heterocycles. The number of rotatable bonds is 5. The fourth-order valence-corrected chi connectivity index (χ4v) is 1.21. The minimum absolute atomic E-state index is 0.0238. The largest absolute Gasteiger partial charge is 0.352 e. The molecule has 0 aliphatic rings. The van der Waals surface area contributed by atoms with Crippen LogP contribution in [0.3, 0.4) is 0 Å². The van der Waals surface area contributed by atoms with Crippen molar-refractivity contribution in [3.63, 3.8) is 0 Å². The van der Waals surface area contributed by atoms with Crippen LogP contribution in [0.5, 0.6) is 0 Å². The van der Waals surface area contributed by atoms with Crippen molar-refractivity contribution in [3.8, 4) is 0 Å². The third kappa shape index (κ3) is 4.02. The number of non-ortho nitro benzene ring substituents is 1. The zero-order chi connectivity index (χ0) is 12.8. The molecular weight excluding hydrogens is 224 g/mol. The first-order valence-electron chi connectivity index (χ1n) is 5.03. The van der Waals surface area contributed by atoms with Crippen LogP contribution in [0, 0.1) is 10.1 Å². The minimum atomic E-state index is -0.563. The van der Waals surface area contributed by atoms with Crippen molar-refractivity contribution < 1.29 is 14.5 Å². The van der Waals surface area contributed by atoms with Crippen LogP contribution in [-0.4, -0.2) is 23.2 Å². The molecule has 0 spiro atoms. The summed E-state index contributed by atoms with van der Waals surface area (Å²) in [6.07, 6.45) is 0.251. The average Bonchev–Trinajstić information content (AvgIpc) is 2.28. The number of nitrogens with zero attached hydrogens (tertiary/aromatic N) is 1. The first kappa shape index (κ1) is 12.8. The van der Waals surface area contributed by atoms with Gasteiger partial charge in [0.2, 0.25) is 0 Å². The van der Waals surface area contributed by atoms with E-state index in [2.05, 4.69) is 5.32 Å². The molecule has 6 nitrogen and oxygen atoms in total. The number of carbonyl (C=O) groups is 2. The van der Waals surface area contributed by atoms with E-state index < -0.39 is 10.8 Å². The highest BCUT2D eigenvalue weighted by Gasteiger charge is 2.10. The Hall–Kier alpha value is -2.24. The Bertz CT molecular complexity index is 457. The van der Waals surface area contributed by atoms with Gasteiger partial charge in [-0.1, -0.05) is 6.07 Å². The van der Waals surface area contributed by atoms with E-state index in [1.54, 1.807) is 0 Å². The molecule has 0 aromatic heterocycles. The number of hydrogen-bond donors (Lipinski definition) is 1. The van der Waals surface area contributed by atoms with Crippen LogP contribution in [0.15, 0.2) is 24.3 Å². The van der Waals surface area contributed by atoms with Crippen LogP contribution in [0.25, 0.3) is 0 Å².